The van der Waals surface area contributed by atoms with Crippen LogP contribution in [0.4, 0.5) is 0 Å². The van der Waals surface area contributed by atoms with Crippen LogP contribution in [0.5, 0.6) is 0 Å². The quantitative estimate of drug-likeness (QED) is 0.529. The predicted molar refractivity (Wildman–Crippen MR) is 49.9 cm³/mol. The Morgan fingerprint density at radius 3 is 3.00 bits per heavy atom. The molecular formula is C11H10O3. The molecule has 1 atom stereocenters. The summed E-state index contributed by atoms with van der Waals surface area (Å²) in [5.41, 5.74) is 0. The minimum Gasteiger partial charge on any atom is -0.461 e. The van der Waals surface area contributed by atoms with Gasteiger partial charge in [-0.3, -0.25) is 9.59 Å². The molecule has 0 fully saturated rings. The van der Waals surface area contributed by atoms with Gasteiger partial charge in [0.2, 0.25) is 5.78 Å². The molecule has 0 N–H and O–H groups in total. The number of hydrogen-bond acceptors (Lipinski definition) is 3. The summed E-state index contributed by atoms with van der Waals surface area (Å²) in [6, 6.07) is 3.24. The number of ketones is 2. The van der Waals surface area contributed by atoms with Crippen molar-refractivity contribution in [1.29, 1.82) is 0 Å². The van der Waals surface area contributed by atoms with E-state index in [0.717, 1.165) is 6.42 Å². The van der Waals surface area contributed by atoms with Crippen molar-refractivity contribution in [3.05, 3.63) is 36.3 Å². The third-order valence-electron chi connectivity index (χ3n) is 2.33. The van der Waals surface area contributed by atoms with Crippen LogP contribution in [-0.2, 0) is 4.79 Å². The first-order chi connectivity index (χ1) is 6.79. The number of carbonyl (C=O) groups is 2. The molecule has 0 bridgehead atoms. The van der Waals surface area contributed by atoms with Crippen LogP contribution in [0.1, 0.15) is 23.4 Å². The smallest absolute Gasteiger partial charge is 0.208 e. The second-order valence-corrected chi connectivity index (χ2v) is 3.28. The van der Waals surface area contributed by atoms with Crippen LogP contribution >= 0.6 is 0 Å². The molecule has 3 heteroatoms. The Kier molecular flexibility index (Phi) is 2.31. The fourth-order valence-corrected chi connectivity index (χ4v) is 1.57. The molecule has 14 heavy (non-hydrogen) atoms. The first-order valence-electron chi connectivity index (χ1n) is 4.57. The van der Waals surface area contributed by atoms with E-state index in [2.05, 4.69) is 0 Å². The van der Waals surface area contributed by atoms with Crippen LogP contribution < -0.4 is 0 Å². The lowest BCUT2D eigenvalue weighted by atomic mass is 9.88. The molecule has 0 aliphatic heterocycles. The Hall–Kier alpha value is -1.64. The summed E-state index contributed by atoms with van der Waals surface area (Å²) in [7, 11) is 0. The van der Waals surface area contributed by atoms with Gasteiger partial charge in [-0.25, -0.2) is 0 Å². The van der Waals surface area contributed by atoms with E-state index in [0.29, 0.717) is 6.42 Å². The van der Waals surface area contributed by atoms with E-state index in [4.69, 9.17) is 4.42 Å². The minimum atomic E-state index is -0.536. The first kappa shape index (κ1) is 8.94. The molecule has 2 rings (SSSR count). The fourth-order valence-electron chi connectivity index (χ4n) is 1.57. The third kappa shape index (κ3) is 1.53. The van der Waals surface area contributed by atoms with E-state index >= 15 is 0 Å². The summed E-state index contributed by atoms with van der Waals surface area (Å²) in [5.74, 6) is -0.577. The number of furan rings is 1. The maximum absolute atomic E-state index is 11.7. The summed E-state index contributed by atoms with van der Waals surface area (Å²) >= 11 is 0. The van der Waals surface area contributed by atoms with E-state index in [1.165, 1.54) is 12.3 Å². The summed E-state index contributed by atoms with van der Waals surface area (Å²) in [6.45, 7) is 0. The highest BCUT2D eigenvalue weighted by Gasteiger charge is 2.28. The van der Waals surface area contributed by atoms with E-state index in [1.54, 1.807) is 18.2 Å². The van der Waals surface area contributed by atoms with Gasteiger partial charge in [0.15, 0.2) is 11.5 Å². The average Bonchev–Trinajstić information content (AvgIpc) is 2.70. The Morgan fingerprint density at radius 2 is 2.36 bits per heavy atom. The van der Waals surface area contributed by atoms with Gasteiger partial charge in [0.05, 0.1) is 12.2 Å². The molecule has 0 amide bonds. The minimum absolute atomic E-state index is 0.113. The molecule has 0 saturated carbocycles. The highest BCUT2D eigenvalue weighted by Crippen LogP contribution is 2.20. The molecule has 1 aromatic heterocycles. The number of hydrogen-bond donors (Lipinski definition) is 0. The van der Waals surface area contributed by atoms with Gasteiger partial charge >= 0.3 is 0 Å². The van der Waals surface area contributed by atoms with Crippen molar-refractivity contribution in [3.8, 4) is 0 Å². The van der Waals surface area contributed by atoms with E-state index in [9.17, 15) is 9.59 Å². The number of rotatable bonds is 2. The van der Waals surface area contributed by atoms with E-state index in [1.807, 2.05) is 0 Å². The van der Waals surface area contributed by atoms with Crippen molar-refractivity contribution < 1.29 is 14.0 Å². The average molecular weight is 190 g/mol. The van der Waals surface area contributed by atoms with Crippen LogP contribution in [0.3, 0.4) is 0 Å². The van der Waals surface area contributed by atoms with E-state index in [-0.39, 0.29) is 17.3 Å². The molecule has 0 aromatic carbocycles. The van der Waals surface area contributed by atoms with Crippen molar-refractivity contribution in [3.63, 3.8) is 0 Å². The molecule has 0 saturated heterocycles. The van der Waals surface area contributed by atoms with Crippen molar-refractivity contribution >= 4 is 11.6 Å². The van der Waals surface area contributed by atoms with Gasteiger partial charge in [0.1, 0.15) is 0 Å². The van der Waals surface area contributed by atoms with Gasteiger partial charge in [0, 0.05) is 0 Å². The van der Waals surface area contributed by atoms with Crippen molar-refractivity contribution in [2.75, 3.05) is 0 Å². The Morgan fingerprint density at radius 1 is 1.50 bits per heavy atom. The van der Waals surface area contributed by atoms with Crippen LogP contribution in [-0.4, -0.2) is 11.6 Å². The van der Waals surface area contributed by atoms with Crippen molar-refractivity contribution in [1.82, 2.24) is 0 Å². The van der Waals surface area contributed by atoms with Gasteiger partial charge in [-0.15, -0.1) is 0 Å². The first-order valence-corrected chi connectivity index (χ1v) is 4.57. The lowest BCUT2D eigenvalue weighted by Gasteiger charge is -2.13. The Bertz CT molecular complexity index is 373. The molecule has 1 heterocycles. The molecule has 0 radical (unpaired) electrons. The van der Waals surface area contributed by atoms with Gasteiger partial charge < -0.3 is 4.42 Å². The third-order valence-corrected chi connectivity index (χ3v) is 2.33. The van der Waals surface area contributed by atoms with Gasteiger partial charge in [0.25, 0.3) is 0 Å². The van der Waals surface area contributed by atoms with Crippen molar-refractivity contribution in [2.45, 2.75) is 12.8 Å². The van der Waals surface area contributed by atoms with Gasteiger partial charge in [-0.05, 0) is 31.1 Å². The zero-order valence-corrected chi connectivity index (χ0v) is 7.60. The van der Waals surface area contributed by atoms with Crippen molar-refractivity contribution in [2.24, 2.45) is 5.92 Å². The number of Topliss-reactive ketones (excluding diaryl/α,β-unsaturated/α-hetero) is 1. The van der Waals surface area contributed by atoms with Crippen LogP contribution in [0, 0.1) is 5.92 Å². The zero-order chi connectivity index (χ0) is 9.97. The second kappa shape index (κ2) is 3.62. The topological polar surface area (TPSA) is 47.3 Å². The standard InChI is InChI=1S/C11H10O3/c12-9-5-2-1-4-8(9)11(13)10-6-3-7-14-10/h2-3,5-8H,1,4H2. The summed E-state index contributed by atoms with van der Waals surface area (Å²) in [5, 5.41) is 0. The number of carbonyl (C=O) groups excluding carboxylic acids is 2. The normalized spacial score (nSPS) is 21.1. The highest BCUT2D eigenvalue weighted by atomic mass is 16.3. The van der Waals surface area contributed by atoms with Crippen LogP contribution in [0.15, 0.2) is 35.0 Å². The molecule has 3 nitrogen and oxygen atoms in total. The largest absolute Gasteiger partial charge is 0.461 e. The lowest BCUT2D eigenvalue weighted by Crippen LogP contribution is -2.24. The second-order valence-electron chi connectivity index (χ2n) is 3.28. The summed E-state index contributed by atoms with van der Waals surface area (Å²) < 4.78 is 4.97. The SMILES string of the molecule is O=C1C=CCCC1C(=O)c1ccco1. The molecular weight excluding hydrogens is 180 g/mol. The molecule has 72 valence electrons. The predicted octanol–water partition coefficient (Wildman–Crippen LogP) is 2.00. The van der Waals surface area contributed by atoms with Gasteiger partial charge in [-0.1, -0.05) is 6.08 Å². The monoisotopic (exact) mass is 190 g/mol. The van der Waals surface area contributed by atoms with Crippen LogP contribution in [0.25, 0.3) is 0 Å². The summed E-state index contributed by atoms with van der Waals surface area (Å²) in [6.07, 6.45) is 6.09. The van der Waals surface area contributed by atoms with Gasteiger partial charge in [-0.2, -0.15) is 0 Å². The maximum atomic E-state index is 11.7. The molecule has 1 aromatic rings. The zero-order valence-electron chi connectivity index (χ0n) is 7.60. The summed E-state index contributed by atoms with van der Waals surface area (Å²) in [4.78, 5) is 23.1. The Labute approximate surface area is 81.4 Å². The maximum Gasteiger partial charge on any atom is 0.208 e. The molecule has 0 spiro atoms. The van der Waals surface area contributed by atoms with Crippen LogP contribution in [0.2, 0.25) is 0 Å². The molecule has 1 aliphatic carbocycles. The van der Waals surface area contributed by atoms with E-state index < -0.39 is 5.92 Å². The Balaban J connectivity index is 2.20. The highest BCUT2D eigenvalue weighted by molar-refractivity contribution is 6.13. The fraction of sp³-hybridized carbons (Fsp3) is 0.273. The molecule has 1 unspecified atom stereocenters. The lowest BCUT2D eigenvalue weighted by molar-refractivity contribution is -0.117. The molecule has 1 aliphatic rings. The number of allylic oxidation sites excluding steroid dienone is 2.